The van der Waals surface area contributed by atoms with E-state index < -0.39 is 15.9 Å². The van der Waals surface area contributed by atoms with Gasteiger partial charge in [0, 0.05) is 31.3 Å². The number of nitrogens with zero attached hydrogens (tertiary/aromatic N) is 3. The Bertz CT molecular complexity index is 874. The highest BCUT2D eigenvalue weighted by Crippen LogP contribution is 2.34. The van der Waals surface area contributed by atoms with E-state index in [-0.39, 0.29) is 17.5 Å². The maximum absolute atomic E-state index is 12.4. The number of hydrogen-bond donors (Lipinski definition) is 1. The van der Waals surface area contributed by atoms with Gasteiger partial charge in [0.1, 0.15) is 5.76 Å². The second-order valence-corrected chi connectivity index (χ2v) is 8.17. The first-order valence-electron chi connectivity index (χ1n) is 7.73. The highest BCUT2D eigenvalue weighted by Gasteiger charge is 2.42. The van der Waals surface area contributed by atoms with Crippen molar-refractivity contribution >= 4 is 21.6 Å². The Morgan fingerprint density at radius 1 is 1.38 bits per heavy atom. The topological polar surface area (TPSA) is 105 Å². The molecule has 1 aliphatic heterocycles. The van der Waals surface area contributed by atoms with E-state index in [0.29, 0.717) is 42.8 Å². The van der Waals surface area contributed by atoms with Crippen LogP contribution in [0.25, 0.3) is 0 Å². The molecule has 1 saturated carbocycles. The van der Waals surface area contributed by atoms with Crippen LogP contribution >= 0.6 is 0 Å². The summed E-state index contributed by atoms with van der Waals surface area (Å²) in [6.07, 6.45) is 4.98. The number of carbonyl (C=O) groups excluding carboxylic acids is 1. The third kappa shape index (κ3) is 2.69. The van der Waals surface area contributed by atoms with Gasteiger partial charge in [-0.1, -0.05) is 5.16 Å². The van der Waals surface area contributed by atoms with Gasteiger partial charge in [-0.25, -0.2) is 8.42 Å². The van der Waals surface area contributed by atoms with Crippen LogP contribution in [0.3, 0.4) is 0 Å². The van der Waals surface area contributed by atoms with E-state index in [1.165, 1.54) is 10.5 Å². The highest BCUT2D eigenvalue weighted by molar-refractivity contribution is 7.90. The minimum atomic E-state index is -3.29. The van der Waals surface area contributed by atoms with Crippen molar-refractivity contribution < 1.29 is 17.7 Å². The average Bonchev–Trinajstić information content (AvgIpc) is 3.36. The number of rotatable bonds is 4. The molecule has 1 aliphatic carbocycles. The molecule has 0 unspecified atom stereocenters. The van der Waals surface area contributed by atoms with E-state index >= 15 is 0 Å². The monoisotopic (exact) mass is 348 g/mol. The molecule has 0 saturated heterocycles. The third-order valence-corrected chi connectivity index (χ3v) is 6.58. The fourth-order valence-corrected chi connectivity index (χ4v) is 4.59. The first kappa shape index (κ1) is 15.3. The molecule has 3 heterocycles. The van der Waals surface area contributed by atoms with E-state index in [0.717, 1.165) is 0 Å². The number of sulfonamides is 1. The van der Waals surface area contributed by atoms with Crippen LogP contribution in [0.5, 0.6) is 0 Å². The zero-order valence-corrected chi connectivity index (χ0v) is 13.6. The van der Waals surface area contributed by atoms with Crippen LogP contribution in [0, 0.1) is 0 Å². The number of hydrogen-bond acceptors (Lipinski definition) is 6. The fraction of sp³-hybridized carbons (Fsp3) is 0.400. The molecule has 1 amide bonds. The standard InChI is InChI=1S/C15H16N4O4S/c20-15(17-10-2-1-6-16-8-10)14-12-9-19(7-5-13(12)23-18-14)24(21,22)11-3-4-11/h1-2,6,8,11H,3-5,7,9H2,(H,17,20). The summed E-state index contributed by atoms with van der Waals surface area (Å²) in [5.41, 5.74) is 1.22. The summed E-state index contributed by atoms with van der Waals surface area (Å²) in [6.45, 7) is 0.498. The Labute approximate surface area is 138 Å². The molecule has 0 spiro atoms. The van der Waals surface area contributed by atoms with Crippen molar-refractivity contribution in [2.75, 3.05) is 11.9 Å². The molecule has 1 fully saturated rings. The molecule has 4 rings (SSSR count). The summed E-state index contributed by atoms with van der Waals surface area (Å²) in [7, 11) is -3.29. The van der Waals surface area contributed by atoms with Crippen LogP contribution in [0.2, 0.25) is 0 Å². The van der Waals surface area contributed by atoms with Gasteiger partial charge in [0.25, 0.3) is 5.91 Å². The van der Waals surface area contributed by atoms with Crippen molar-refractivity contribution in [2.45, 2.75) is 31.1 Å². The van der Waals surface area contributed by atoms with Crippen molar-refractivity contribution in [3.05, 3.63) is 41.5 Å². The molecule has 2 aromatic rings. The third-order valence-electron chi connectivity index (χ3n) is 4.23. The average molecular weight is 348 g/mol. The molecule has 24 heavy (non-hydrogen) atoms. The molecule has 2 aromatic heterocycles. The lowest BCUT2D eigenvalue weighted by Crippen LogP contribution is -2.38. The zero-order chi connectivity index (χ0) is 16.7. The minimum Gasteiger partial charge on any atom is -0.360 e. The van der Waals surface area contributed by atoms with E-state index in [2.05, 4.69) is 15.5 Å². The minimum absolute atomic E-state index is 0.129. The number of nitrogens with one attached hydrogen (secondary N) is 1. The summed E-state index contributed by atoms with van der Waals surface area (Å²) in [4.78, 5) is 16.4. The molecule has 1 N–H and O–H groups in total. The molecule has 126 valence electrons. The molecule has 8 nitrogen and oxygen atoms in total. The molecule has 9 heteroatoms. The number of carbonyl (C=O) groups is 1. The maximum Gasteiger partial charge on any atom is 0.278 e. The molecule has 0 aromatic carbocycles. The van der Waals surface area contributed by atoms with Gasteiger partial charge in [-0.2, -0.15) is 4.31 Å². The lowest BCUT2D eigenvalue weighted by Gasteiger charge is -2.25. The Kier molecular flexibility index (Phi) is 3.61. The molecule has 2 aliphatic rings. The van der Waals surface area contributed by atoms with Crippen molar-refractivity contribution in [3.63, 3.8) is 0 Å². The molecular weight excluding hydrogens is 332 g/mol. The van der Waals surface area contributed by atoms with E-state index in [1.54, 1.807) is 18.3 Å². The molecule has 0 radical (unpaired) electrons. The van der Waals surface area contributed by atoms with Crippen molar-refractivity contribution in [1.82, 2.24) is 14.4 Å². The van der Waals surface area contributed by atoms with Gasteiger partial charge in [-0.15, -0.1) is 0 Å². The first-order chi connectivity index (χ1) is 11.6. The predicted molar refractivity (Wildman–Crippen MR) is 84.7 cm³/mol. The molecule has 0 atom stereocenters. The van der Waals surface area contributed by atoms with Gasteiger partial charge in [0.2, 0.25) is 10.0 Å². The number of amides is 1. The van der Waals surface area contributed by atoms with Gasteiger partial charge in [-0.3, -0.25) is 9.78 Å². The van der Waals surface area contributed by atoms with Crippen molar-refractivity contribution in [1.29, 1.82) is 0 Å². The number of aromatic nitrogens is 2. The number of fused-ring (bicyclic) bond motifs is 1. The lowest BCUT2D eigenvalue weighted by molar-refractivity contribution is 0.101. The second-order valence-electron chi connectivity index (χ2n) is 5.96. The quantitative estimate of drug-likeness (QED) is 0.889. The Balaban J connectivity index is 1.57. The Hall–Kier alpha value is -2.26. The van der Waals surface area contributed by atoms with Crippen LogP contribution in [-0.4, -0.2) is 40.6 Å². The number of pyridine rings is 1. The highest BCUT2D eigenvalue weighted by atomic mass is 32.2. The normalized spacial score (nSPS) is 18.2. The van der Waals surface area contributed by atoms with Gasteiger partial charge in [0.15, 0.2) is 5.69 Å². The number of anilines is 1. The van der Waals surface area contributed by atoms with Gasteiger partial charge in [0.05, 0.1) is 17.1 Å². The van der Waals surface area contributed by atoms with Crippen LogP contribution in [0.4, 0.5) is 5.69 Å². The van der Waals surface area contributed by atoms with E-state index in [4.69, 9.17) is 4.52 Å². The summed E-state index contributed by atoms with van der Waals surface area (Å²) < 4.78 is 31.5. The van der Waals surface area contributed by atoms with Crippen LogP contribution in [0.1, 0.15) is 34.7 Å². The Morgan fingerprint density at radius 3 is 2.92 bits per heavy atom. The van der Waals surface area contributed by atoms with Gasteiger partial charge in [-0.05, 0) is 25.0 Å². The molecular formula is C15H16N4O4S. The SMILES string of the molecule is O=C(Nc1cccnc1)c1noc2c1CN(S(=O)(=O)C1CC1)CC2. The van der Waals surface area contributed by atoms with Crippen molar-refractivity contribution in [3.8, 4) is 0 Å². The summed E-state index contributed by atoms with van der Waals surface area (Å²) in [5, 5.41) is 6.26. The molecule has 0 bridgehead atoms. The van der Waals surface area contributed by atoms with Gasteiger partial charge < -0.3 is 9.84 Å². The summed E-state index contributed by atoms with van der Waals surface area (Å²) >= 11 is 0. The van der Waals surface area contributed by atoms with Gasteiger partial charge >= 0.3 is 0 Å². The second kappa shape index (κ2) is 5.67. The predicted octanol–water partition coefficient (Wildman–Crippen LogP) is 1.17. The summed E-state index contributed by atoms with van der Waals surface area (Å²) in [6, 6.07) is 3.42. The van der Waals surface area contributed by atoms with Crippen molar-refractivity contribution in [2.24, 2.45) is 0 Å². The largest absolute Gasteiger partial charge is 0.360 e. The Morgan fingerprint density at radius 2 is 2.21 bits per heavy atom. The first-order valence-corrected chi connectivity index (χ1v) is 9.24. The summed E-state index contributed by atoms with van der Waals surface area (Å²) in [5.74, 6) is 0.146. The van der Waals surface area contributed by atoms with E-state index in [9.17, 15) is 13.2 Å². The zero-order valence-electron chi connectivity index (χ0n) is 12.8. The van der Waals surface area contributed by atoms with Crippen LogP contribution in [0.15, 0.2) is 29.0 Å². The van der Waals surface area contributed by atoms with Crippen LogP contribution < -0.4 is 5.32 Å². The smallest absolute Gasteiger partial charge is 0.278 e. The fourth-order valence-electron chi connectivity index (χ4n) is 2.78. The maximum atomic E-state index is 12.4. The lowest BCUT2D eigenvalue weighted by atomic mass is 10.1. The van der Waals surface area contributed by atoms with E-state index in [1.807, 2.05) is 0 Å². The van der Waals surface area contributed by atoms with Crippen LogP contribution in [-0.2, 0) is 23.0 Å².